The van der Waals surface area contributed by atoms with Crippen molar-refractivity contribution in [3.8, 4) is 34.0 Å². The van der Waals surface area contributed by atoms with Crippen molar-refractivity contribution in [1.82, 2.24) is 20.1 Å². The van der Waals surface area contributed by atoms with E-state index in [2.05, 4.69) is 10.4 Å². The summed E-state index contributed by atoms with van der Waals surface area (Å²) < 4.78 is 12.3. The predicted molar refractivity (Wildman–Crippen MR) is 132 cm³/mol. The molecule has 0 spiro atoms. The Morgan fingerprint density at radius 3 is 2.50 bits per heavy atom. The normalized spacial score (nSPS) is 10.7. The van der Waals surface area contributed by atoms with E-state index in [9.17, 15) is 4.79 Å². The standard InChI is InChI=1S/C26H25ClN4O3/c1-16-9-18(12-20(27)10-16)22-7-6-21(25(30-22)19-14-29-31(2)15-19)26(32)28-13-17-5-8-23(33-3)24(11-17)34-4/h5-12,14-15H,13H2,1-4H3,(H,28,32). The molecule has 0 saturated carbocycles. The molecule has 4 rings (SSSR count). The number of hydrogen-bond donors (Lipinski definition) is 1. The summed E-state index contributed by atoms with van der Waals surface area (Å²) in [6.07, 6.45) is 3.53. The summed E-state index contributed by atoms with van der Waals surface area (Å²) in [5.74, 6) is 0.996. The molecule has 0 aliphatic heterocycles. The molecular weight excluding hydrogens is 452 g/mol. The van der Waals surface area contributed by atoms with Crippen LogP contribution in [0.25, 0.3) is 22.5 Å². The van der Waals surface area contributed by atoms with E-state index in [-0.39, 0.29) is 5.91 Å². The van der Waals surface area contributed by atoms with Crippen molar-refractivity contribution in [2.75, 3.05) is 14.2 Å². The Balaban J connectivity index is 1.66. The van der Waals surface area contributed by atoms with E-state index >= 15 is 0 Å². The van der Waals surface area contributed by atoms with Gasteiger partial charge in [0.1, 0.15) is 0 Å². The number of nitrogens with one attached hydrogen (secondary N) is 1. The maximum atomic E-state index is 13.2. The minimum Gasteiger partial charge on any atom is -0.493 e. The van der Waals surface area contributed by atoms with Gasteiger partial charge in [-0.25, -0.2) is 4.98 Å². The summed E-state index contributed by atoms with van der Waals surface area (Å²) in [4.78, 5) is 18.0. The highest BCUT2D eigenvalue weighted by atomic mass is 35.5. The Kier molecular flexibility index (Phi) is 6.84. The minimum absolute atomic E-state index is 0.241. The smallest absolute Gasteiger partial charge is 0.253 e. The van der Waals surface area contributed by atoms with Gasteiger partial charge in [-0.05, 0) is 60.5 Å². The number of pyridine rings is 1. The second-order valence-corrected chi connectivity index (χ2v) is 8.32. The van der Waals surface area contributed by atoms with Crippen LogP contribution in [0.15, 0.2) is 60.9 Å². The number of carbonyl (C=O) groups is 1. The number of methoxy groups -OCH3 is 2. The minimum atomic E-state index is -0.241. The van der Waals surface area contributed by atoms with Crippen LogP contribution in [0.1, 0.15) is 21.5 Å². The Bertz CT molecular complexity index is 1330. The number of carbonyl (C=O) groups excluding carboxylic acids is 1. The van der Waals surface area contributed by atoms with Crippen molar-refractivity contribution in [2.24, 2.45) is 7.05 Å². The van der Waals surface area contributed by atoms with Gasteiger partial charge in [-0.2, -0.15) is 5.10 Å². The van der Waals surface area contributed by atoms with Gasteiger partial charge < -0.3 is 14.8 Å². The molecule has 0 atom stereocenters. The highest BCUT2D eigenvalue weighted by Crippen LogP contribution is 2.29. The molecule has 0 fully saturated rings. The fourth-order valence-corrected chi connectivity index (χ4v) is 4.01. The predicted octanol–water partition coefficient (Wildman–Crippen LogP) is 5.06. The molecule has 34 heavy (non-hydrogen) atoms. The third-order valence-corrected chi connectivity index (χ3v) is 5.58. The van der Waals surface area contributed by atoms with Crippen molar-refractivity contribution in [3.63, 3.8) is 0 Å². The molecule has 0 unspecified atom stereocenters. The summed E-state index contributed by atoms with van der Waals surface area (Å²) in [6, 6.07) is 14.9. The van der Waals surface area contributed by atoms with E-state index in [1.807, 2.05) is 62.6 Å². The van der Waals surface area contributed by atoms with E-state index < -0.39 is 0 Å². The number of aryl methyl sites for hydroxylation is 2. The van der Waals surface area contributed by atoms with E-state index in [0.717, 1.165) is 27.9 Å². The van der Waals surface area contributed by atoms with Crippen LogP contribution in [-0.2, 0) is 13.6 Å². The van der Waals surface area contributed by atoms with Gasteiger partial charge in [0.05, 0.1) is 37.4 Å². The topological polar surface area (TPSA) is 78.3 Å². The zero-order chi connectivity index (χ0) is 24.2. The maximum Gasteiger partial charge on any atom is 0.253 e. The average Bonchev–Trinajstić information content (AvgIpc) is 3.27. The van der Waals surface area contributed by atoms with Crippen molar-refractivity contribution >= 4 is 17.5 Å². The number of rotatable bonds is 7. The Labute approximate surface area is 203 Å². The highest BCUT2D eigenvalue weighted by Gasteiger charge is 2.18. The molecule has 0 aliphatic rings. The first-order valence-electron chi connectivity index (χ1n) is 10.6. The van der Waals surface area contributed by atoms with Gasteiger partial charge >= 0.3 is 0 Å². The summed E-state index contributed by atoms with van der Waals surface area (Å²) in [6.45, 7) is 2.30. The van der Waals surface area contributed by atoms with Gasteiger partial charge in [0.15, 0.2) is 11.5 Å². The van der Waals surface area contributed by atoms with Crippen molar-refractivity contribution in [1.29, 1.82) is 0 Å². The lowest BCUT2D eigenvalue weighted by molar-refractivity contribution is 0.0951. The number of ether oxygens (including phenoxy) is 2. The van der Waals surface area contributed by atoms with Gasteiger partial charge in [0.2, 0.25) is 0 Å². The summed E-state index contributed by atoms with van der Waals surface area (Å²) >= 11 is 6.26. The van der Waals surface area contributed by atoms with Crippen LogP contribution in [0, 0.1) is 6.92 Å². The second kappa shape index (κ2) is 9.97. The first-order chi connectivity index (χ1) is 16.4. The van der Waals surface area contributed by atoms with Crippen LogP contribution < -0.4 is 14.8 Å². The third kappa shape index (κ3) is 5.05. The number of amides is 1. The van der Waals surface area contributed by atoms with Gasteiger partial charge in [-0.1, -0.05) is 17.7 Å². The largest absolute Gasteiger partial charge is 0.493 e. The molecule has 1 N–H and O–H groups in total. The molecule has 8 heteroatoms. The zero-order valence-electron chi connectivity index (χ0n) is 19.4. The van der Waals surface area contributed by atoms with E-state index in [1.165, 1.54) is 0 Å². The first-order valence-corrected chi connectivity index (χ1v) is 11.0. The van der Waals surface area contributed by atoms with Crippen molar-refractivity contribution < 1.29 is 14.3 Å². The second-order valence-electron chi connectivity index (χ2n) is 7.88. The number of benzene rings is 2. The van der Waals surface area contributed by atoms with Gasteiger partial charge in [-0.15, -0.1) is 0 Å². The monoisotopic (exact) mass is 476 g/mol. The fourth-order valence-electron chi connectivity index (χ4n) is 3.72. The highest BCUT2D eigenvalue weighted by molar-refractivity contribution is 6.30. The Morgan fingerprint density at radius 2 is 1.82 bits per heavy atom. The van der Waals surface area contributed by atoms with Crippen LogP contribution in [0.2, 0.25) is 5.02 Å². The molecule has 174 valence electrons. The Hall–Kier alpha value is -3.84. The van der Waals surface area contributed by atoms with Crippen molar-refractivity contribution in [3.05, 3.63) is 82.6 Å². The van der Waals surface area contributed by atoms with Crippen molar-refractivity contribution in [2.45, 2.75) is 13.5 Å². The molecule has 2 heterocycles. The van der Waals surface area contributed by atoms with Crippen LogP contribution in [0.4, 0.5) is 0 Å². The average molecular weight is 477 g/mol. The van der Waals surface area contributed by atoms with E-state index in [0.29, 0.717) is 34.3 Å². The lowest BCUT2D eigenvalue weighted by atomic mass is 10.0. The fraction of sp³-hybridized carbons (Fsp3) is 0.192. The quantitative estimate of drug-likeness (QED) is 0.403. The van der Waals surface area contributed by atoms with Crippen LogP contribution >= 0.6 is 11.6 Å². The molecule has 0 bridgehead atoms. The summed E-state index contributed by atoms with van der Waals surface area (Å²) in [5, 5.41) is 7.86. The number of aromatic nitrogens is 3. The molecule has 1 amide bonds. The van der Waals surface area contributed by atoms with E-state index in [4.69, 9.17) is 26.1 Å². The molecular formula is C26H25ClN4O3. The third-order valence-electron chi connectivity index (χ3n) is 5.36. The first kappa shape index (κ1) is 23.3. The maximum absolute atomic E-state index is 13.2. The summed E-state index contributed by atoms with van der Waals surface area (Å²) in [7, 11) is 4.99. The molecule has 0 saturated heterocycles. The molecule has 4 aromatic rings. The number of nitrogens with zero attached hydrogens (tertiary/aromatic N) is 3. The lowest BCUT2D eigenvalue weighted by Gasteiger charge is -2.13. The molecule has 2 aromatic carbocycles. The molecule has 2 aromatic heterocycles. The van der Waals surface area contributed by atoms with Crippen LogP contribution in [-0.4, -0.2) is 34.9 Å². The summed E-state index contributed by atoms with van der Waals surface area (Å²) in [5.41, 5.74) is 5.27. The zero-order valence-corrected chi connectivity index (χ0v) is 20.2. The van der Waals surface area contributed by atoms with Crippen LogP contribution in [0.5, 0.6) is 11.5 Å². The lowest BCUT2D eigenvalue weighted by Crippen LogP contribution is -2.23. The van der Waals surface area contributed by atoms with Gasteiger partial charge in [0.25, 0.3) is 5.91 Å². The number of hydrogen-bond acceptors (Lipinski definition) is 5. The van der Waals surface area contributed by atoms with Gasteiger partial charge in [0, 0.05) is 35.9 Å². The van der Waals surface area contributed by atoms with Crippen LogP contribution in [0.3, 0.4) is 0 Å². The molecule has 0 aliphatic carbocycles. The number of halogens is 1. The Morgan fingerprint density at radius 1 is 1.03 bits per heavy atom. The SMILES string of the molecule is COc1ccc(CNC(=O)c2ccc(-c3cc(C)cc(Cl)c3)nc2-c2cnn(C)c2)cc1OC. The molecule has 0 radical (unpaired) electrons. The van der Waals surface area contributed by atoms with Gasteiger partial charge in [-0.3, -0.25) is 9.48 Å². The van der Waals surface area contributed by atoms with E-state index in [1.54, 1.807) is 31.2 Å². The molecule has 7 nitrogen and oxygen atoms in total.